The van der Waals surface area contributed by atoms with E-state index < -0.39 is 6.10 Å². The highest BCUT2D eigenvalue weighted by molar-refractivity contribution is 5.17. The number of aliphatic hydroxyl groups is 2. The molecule has 0 aromatic rings. The predicted molar refractivity (Wildman–Crippen MR) is 69.5 cm³/mol. The summed E-state index contributed by atoms with van der Waals surface area (Å²) in [5.41, 5.74) is 1.00. The molecule has 3 aliphatic carbocycles. The van der Waals surface area contributed by atoms with Gasteiger partial charge in [-0.05, 0) is 43.9 Å². The maximum atomic E-state index is 10.5. The fourth-order valence-electron chi connectivity index (χ4n) is 4.13. The predicted octanol–water partition coefficient (Wildman–Crippen LogP) is 2.75. The number of aliphatic hydroxyl groups excluding tert-OH is 2. The SMILES string of the molecule is CC(C)=C[C@@H](O)[C@]1(C)[C@H](O)C[C@@H]2C[C@H]1C2(C)C. The lowest BCUT2D eigenvalue weighted by atomic mass is 9.39. The standard InChI is InChI=1S/C15H26O2/c1-9(2)6-12(16)15(5)11-7-10(8-13(15)17)14(11,3)4/h6,10-13,16-17H,7-8H2,1-5H3/t10-,11-,12+,13+,15+/m0/s1. The van der Waals surface area contributed by atoms with Gasteiger partial charge in [0, 0.05) is 5.41 Å². The van der Waals surface area contributed by atoms with E-state index in [0.29, 0.717) is 11.8 Å². The van der Waals surface area contributed by atoms with Gasteiger partial charge in [-0.15, -0.1) is 0 Å². The van der Waals surface area contributed by atoms with Crippen LogP contribution in [0.25, 0.3) is 0 Å². The molecule has 5 atom stereocenters. The number of allylic oxidation sites excluding steroid dienone is 1. The Morgan fingerprint density at radius 2 is 1.82 bits per heavy atom. The topological polar surface area (TPSA) is 40.5 Å². The number of hydrogen-bond acceptors (Lipinski definition) is 2. The first-order valence-electron chi connectivity index (χ1n) is 6.71. The Labute approximate surface area is 105 Å². The van der Waals surface area contributed by atoms with Crippen LogP contribution in [-0.2, 0) is 0 Å². The molecule has 2 bridgehead atoms. The quantitative estimate of drug-likeness (QED) is 0.726. The molecule has 0 unspecified atom stereocenters. The average Bonchev–Trinajstić information content (AvgIpc) is 2.20. The van der Waals surface area contributed by atoms with Crippen LogP contribution in [0.2, 0.25) is 0 Å². The normalized spacial score (nSPS) is 44.8. The van der Waals surface area contributed by atoms with E-state index in [-0.39, 0.29) is 16.9 Å². The third-order valence-corrected chi connectivity index (χ3v) is 5.58. The van der Waals surface area contributed by atoms with Crippen LogP contribution in [0.5, 0.6) is 0 Å². The zero-order chi connectivity index (χ0) is 13.0. The summed E-state index contributed by atoms with van der Waals surface area (Å²) in [7, 11) is 0. The van der Waals surface area contributed by atoms with Crippen molar-refractivity contribution in [2.75, 3.05) is 0 Å². The molecule has 2 nitrogen and oxygen atoms in total. The second kappa shape index (κ2) is 3.83. The van der Waals surface area contributed by atoms with E-state index >= 15 is 0 Å². The molecule has 0 aromatic carbocycles. The fraction of sp³-hybridized carbons (Fsp3) is 0.867. The van der Waals surface area contributed by atoms with Crippen LogP contribution in [-0.4, -0.2) is 22.4 Å². The minimum atomic E-state index is -0.534. The van der Waals surface area contributed by atoms with Gasteiger partial charge in [0.2, 0.25) is 0 Å². The van der Waals surface area contributed by atoms with Crippen molar-refractivity contribution in [3.8, 4) is 0 Å². The lowest BCUT2D eigenvalue weighted by molar-refractivity contribution is -0.233. The van der Waals surface area contributed by atoms with Gasteiger partial charge in [-0.2, -0.15) is 0 Å². The molecule has 0 saturated heterocycles. The summed E-state index contributed by atoms with van der Waals surface area (Å²) in [5, 5.41) is 20.8. The van der Waals surface area contributed by atoms with Crippen LogP contribution in [0.3, 0.4) is 0 Å². The minimum Gasteiger partial charge on any atom is -0.392 e. The third-order valence-electron chi connectivity index (χ3n) is 5.58. The summed E-state index contributed by atoms with van der Waals surface area (Å²) in [6.07, 6.45) is 3.00. The van der Waals surface area contributed by atoms with Gasteiger partial charge < -0.3 is 10.2 Å². The lowest BCUT2D eigenvalue weighted by Gasteiger charge is -2.67. The summed E-state index contributed by atoms with van der Waals surface area (Å²) in [4.78, 5) is 0. The van der Waals surface area contributed by atoms with E-state index in [1.54, 1.807) is 0 Å². The molecule has 17 heavy (non-hydrogen) atoms. The van der Waals surface area contributed by atoms with Gasteiger partial charge in [-0.25, -0.2) is 0 Å². The highest BCUT2D eigenvalue weighted by atomic mass is 16.3. The highest BCUT2D eigenvalue weighted by Gasteiger charge is 2.64. The molecule has 3 aliphatic rings. The van der Waals surface area contributed by atoms with Gasteiger partial charge in [-0.3, -0.25) is 0 Å². The van der Waals surface area contributed by atoms with Crippen LogP contribution >= 0.6 is 0 Å². The van der Waals surface area contributed by atoms with Crippen molar-refractivity contribution >= 4 is 0 Å². The van der Waals surface area contributed by atoms with E-state index in [4.69, 9.17) is 0 Å². The molecular weight excluding hydrogens is 212 g/mol. The Morgan fingerprint density at radius 1 is 1.24 bits per heavy atom. The first kappa shape index (κ1) is 13.1. The van der Waals surface area contributed by atoms with E-state index in [1.807, 2.05) is 19.9 Å². The summed E-state index contributed by atoms with van der Waals surface area (Å²) in [6, 6.07) is 0. The van der Waals surface area contributed by atoms with Crippen LogP contribution < -0.4 is 0 Å². The smallest absolute Gasteiger partial charge is 0.0804 e. The molecule has 3 saturated carbocycles. The number of fused-ring (bicyclic) bond motifs is 2. The molecule has 0 heterocycles. The van der Waals surface area contributed by atoms with E-state index in [0.717, 1.165) is 18.4 Å². The molecule has 98 valence electrons. The van der Waals surface area contributed by atoms with E-state index in [9.17, 15) is 10.2 Å². The van der Waals surface area contributed by atoms with Crippen LogP contribution in [0.15, 0.2) is 11.6 Å². The Balaban J connectivity index is 2.31. The molecule has 2 heteroatoms. The Morgan fingerprint density at radius 3 is 2.29 bits per heavy atom. The second-order valence-electron chi connectivity index (χ2n) is 7.11. The molecule has 2 N–H and O–H groups in total. The molecule has 0 spiro atoms. The Bertz CT molecular complexity index is 341. The van der Waals surface area contributed by atoms with E-state index in [2.05, 4.69) is 20.8 Å². The van der Waals surface area contributed by atoms with Crippen LogP contribution in [0.1, 0.15) is 47.5 Å². The maximum absolute atomic E-state index is 10.5. The molecular formula is C15H26O2. The van der Waals surface area contributed by atoms with Crippen molar-refractivity contribution < 1.29 is 10.2 Å². The lowest BCUT2D eigenvalue weighted by Crippen LogP contribution is -2.66. The van der Waals surface area contributed by atoms with Crippen molar-refractivity contribution in [1.29, 1.82) is 0 Å². The van der Waals surface area contributed by atoms with Gasteiger partial charge in [0.05, 0.1) is 12.2 Å². The molecule has 0 radical (unpaired) electrons. The van der Waals surface area contributed by atoms with Gasteiger partial charge >= 0.3 is 0 Å². The van der Waals surface area contributed by atoms with Gasteiger partial charge in [0.25, 0.3) is 0 Å². The van der Waals surface area contributed by atoms with Gasteiger partial charge in [0.1, 0.15) is 0 Å². The zero-order valence-electron chi connectivity index (χ0n) is 11.7. The largest absolute Gasteiger partial charge is 0.392 e. The van der Waals surface area contributed by atoms with E-state index in [1.165, 1.54) is 0 Å². The first-order valence-corrected chi connectivity index (χ1v) is 6.71. The van der Waals surface area contributed by atoms with Crippen LogP contribution in [0.4, 0.5) is 0 Å². The summed E-state index contributed by atoms with van der Waals surface area (Å²) in [6.45, 7) is 10.6. The fourth-order valence-corrected chi connectivity index (χ4v) is 4.13. The second-order valence-corrected chi connectivity index (χ2v) is 7.11. The molecule has 0 aliphatic heterocycles. The molecule has 3 rings (SSSR count). The molecule has 3 fully saturated rings. The number of hydrogen-bond donors (Lipinski definition) is 2. The summed E-state index contributed by atoms with van der Waals surface area (Å²) >= 11 is 0. The van der Waals surface area contributed by atoms with Gasteiger partial charge in [-0.1, -0.05) is 32.4 Å². The molecule has 0 aromatic heterocycles. The monoisotopic (exact) mass is 238 g/mol. The van der Waals surface area contributed by atoms with Crippen molar-refractivity contribution in [1.82, 2.24) is 0 Å². The number of rotatable bonds is 2. The van der Waals surface area contributed by atoms with Crippen molar-refractivity contribution in [3.05, 3.63) is 11.6 Å². The Hall–Kier alpha value is -0.340. The maximum Gasteiger partial charge on any atom is 0.0804 e. The minimum absolute atomic E-state index is 0.268. The van der Waals surface area contributed by atoms with Crippen LogP contribution in [0, 0.1) is 22.7 Å². The first-order chi connectivity index (χ1) is 7.70. The van der Waals surface area contributed by atoms with Gasteiger partial charge in [0.15, 0.2) is 0 Å². The van der Waals surface area contributed by atoms with Crippen molar-refractivity contribution in [2.45, 2.75) is 59.7 Å². The van der Waals surface area contributed by atoms with Crippen molar-refractivity contribution in [2.24, 2.45) is 22.7 Å². The Kier molecular flexibility index (Phi) is 2.95. The van der Waals surface area contributed by atoms with Crippen molar-refractivity contribution in [3.63, 3.8) is 0 Å². The zero-order valence-corrected chi connectivity index (χ0v) is 11.7. The summed E-state index contributed by atoms with van der Waals surface area (Å²) < 4.78 is 0. The highest BCUT2D eigenvalue weighted by Crippen LogP contribution is 2.66. The molecule has 0 amide bonds. The average molecular weight is 238 g/mol. The summed E-state index contributed by atoms with van der Waals surface area (Å²) in [5.74, 6) is 1.06. The third kappa shape index (κ3) is 1.68.